The number of hydrogen-bond donors (Lipinski definition) is 1. The molecule has 0 spiro atoms. The molecular weight excluding hydrogens is 330 g/mol. The number of rotatable bonds is 6. The van der Waals surface area contributed by atoms with Crippen molar-refractivity contribution in [3.8, 4) is 5.75 Å². The van der Waals surface area contributed by atoms with Crippen molar-refractivity contribution < 1.29 is 9.66 Å². The summed E-state index contributed by atoms with van der Waals surface area (Å²) in [5.74, 6) is 0.822. The minimum Gasteiger partial charge on any atom is -0.497 e. The average molecular weight is 351 g/mol. The fourth-order valence-electron chi connectivity index (χ4n) is 3.11. The lowest BCUT2D eigenvalue weighted by Gasteiger charge is -2.14. The molecule has 0 bridgehead atoms. The molecule has 0 saturated carbocycles. The van der Waals surface area contributed by atoms with Gasteiger partial charge in [-0.2, -0.15) is 0 Å². The highest BCUT2D eigenvalue weighted by molar-refractivity contribution is 5.83. The average Bonchev–Trinajstić information content (AvgIpc) is 2.65. The summed E-state index contributed by atoms with van der Waals surface area (Å²) in [7, 11) is 1.65. The van der Waals surface area contributed by atoms with Crippen LogP contribution >= 0.6 is 0 Å². The summed E-state index contributed by atoms with van der Waals surface area (Å²) in [5, 5.41) is 20.9. The van der Waals surface area contributed by atoms with Crippen LogP contribution in [-0.4, -0.2) is 16.6 Å². The number of nitrogens with one attached hydrogen (secondary N) is 1. The third-order valence-corrected chi connectivity index (χ3v) is 4.50. The molecule has 0 unspecified atom stereocenters. The Morgan fingerprint density at radius 3 is 2.65 bits per heavy atom. The van der Waals surface area contributed by atoms with Crippen LogP contribution in [0.4, 0.5) is 5.69 Å². The van der Waals surface area contributed by atoms with Crippen LogP contribution < -0.4 is 10.2 Å². The maximum atomic E-state index is 11.0. The van der Waals surface area contributed by atoms with E-state index >= 15 is 0 Å². The zero-order valence-electron chi connectivity index (χ0n) is 14.9. The number of pyridine rings is 1. The zero-order valence-corrected chi connectivity index (χ0v) is 14.9. The molecule has 3 rings (SSSR count). The van der Waals surface area contributed by atoms with Gasteiger partial charge in [-0.25, -0.2) is 0 Å². The van der Waals surface area contributed by atoms with Crippen LogP contribution in [0.5, 0.6) is 5.75 Å². The molecule has 26 heavy (non-hydrogen) atoms. The molecule has 1 heterocycles. The molecule has 0 fully saturated rings. The molecule has 6 nitrogen and oxygen atoms in total. The third-order valence-electron chi connectivity index (χ3n) is 4.50. The summed E-state index contributed by atoms with van der Waals surface area (Å²) >= 11 is 0. The van der Waals surface area contributed by atoms with Crippen molar-refractivity contribution in [3.05, 3.63) is 75.4 Å². The van der Waals surface area contributed by atoms with Crippen molar-refractivity contribution >= 4 is 16.5 Å². The minimum atomic E-state index is -0.432. The topological polar surface area (TPSA) is 81.2 Å². The van der Waals surface area contributed by atoms with E-state index in [1.807, 2.05) is 35.0 Å². The summed E-state index contributed by atoms with van der Waals surface area (Å²) in [6, 6.07) is 12.5. The summed E-state index contributed by atoms with van der Waals surface area (Å²) in [4.78, 5) is 10.6. The van der Waals surface area contributed by atoms with Gasteiger partial charge in [0, 0.05) is 30.3 Å². The molecule has 1 aromatic heterocycles. The molecule has 3 aromatic rings. The highest BCUT2D eigenvalue weighted by Gasteiger charge is 2.10. The maximum absolute atomic E-state index is 11.0. The molecule has 6 heteroatoms. The van der Waals surface area contributed by atoms with Gasteiger partial charge in [0.1, 0.15) is 11.2 Å². The highest BCUT2D eigenvalue weighted by atomic mass is 16.6. The number of aromatic nitrogens is 1. The number of hydrogen-bond acceptors (Lipinski definition) is 4. The van der Waals surface area contributed by atoms with Gasteiger partial charge < -0.3 is 9.30 Å². The first-order valence-corrected chi connectivity index (χ1v) is 8.51. The van der Waals surface area contributed by atoms with Crippen LogP contribution in [0.3, 0.4) is 0 Å². The van der Waals surface area contributed by atoms with E-state index in [2.05, 4.69) is 6.92 Å². The van der Waals surface area contributed by atoms with Crippen molar-refractivity contribution in [2.45, 2.75) is 26.3 Å². The lowest BCUT2D eigenvalue weighted by atomic mass is 10.0. The van der Waals surface area contributed by atoms with Gasteiger partial charge in [0.15, 0.2) is 0 Å². The zero-order chi connectivity index (χ0) is 18.7. The number of nitro groups is 1. The largest absolute Gasteiger partial charge is 0.497 e. The summed E-state index contributed by atoms with van der Waals surface area (Å²) in [6.07, 6.45) is 3.80. The van der Waals surface area contributed by atoms with Gasteiger partial charge in [0.25, 0.3) is 5.69 Å². The van der Waals surface area contributed by atoms with Crippen LogP contribution in [0, 0.1) is 15.5 Å². The molecule has 0 amide bonds. The Labute approximate surface area is 151 Å². The first kappa shape index (κ1) is 17.7. The Morgan fingerprint density at radius 1 is 1.15 bits per heavy atom. The number of fused-ring (bicyclic) bond motifs is 1. The smallest absolute Gasteiger partial charge is 0.270 e. The van der Waals surface area contributed by atoms with Crippen LogP contribution in [0.1, 0.15) is 24.5 Å². The Hall–Kier alpha value is -3.15. The first-order valence-electron chi connectivity index (χ1n) is 8.51. The molecule has 0 radical (unpaired) electrons. The van der Waals surface area contributed by atoms with E-state index in [0.717, 1.165) is 29.5 Å². The van der Waals surface area contributed by atoms with Crippen molar-refractivity contribution in [1.82, 2.24) is 4.57 Å². The number of aryl methyl sites for hydroxylation is 1. The van der Waals surface area contributed by atoms with Gasteiger partial charge >= 0.3 is 0 Å². The molecule has 0 saturated heterocycles. The normalized spacial score (nSPS) is 10.8. The van der Waals surface area contributed by atoms with Crippen LogP contribution in [0.15, 0.2) is 48.7 Å². The standard InChI is InChI=1S/C20H21N3O3/c1-3-4-15-11-18(26-2)8-6-16(15)13-22-10-9-14-5-7-17(23(24)25)12-19(14)20(22)21/h5-12,21H,3-4,13H2,1-2H3. The van der Waals surface area contributed by atoms with Crippen LogP contribution in [0.2, 0.25) is 0 Å². The Morgan fingerprint density at radius 2 is 1.96 bits per heavy atom. The Kier molecular flexibility index (Phi) is 5.02. The Balaban J connectivity index is 2.05. The quantitative estimate of drug-likeness (QED) is 0.537. The number of nitro benzene ring substituents is 1. The predicted octanol–water partition coefficient (Wildman–Crippen LogP) is 4.04. The fourth-order valence-corrected chi connectivity index (χ4v) is 3.11. The first-order chi connectivity index (χ1) is 12.5. The fraction of sp³-hybridized carbons (Fsp3) is 0.250. The van der Waals surface area contributed by atoms with Crippen LogP contribution in [-0.2, 0) is 13.0 Å². The second kappa shape index (κ2) is 7.39. The lowest BCUT2D eigenvalue weighted by molar-refractivity contribution is -0.384. The monoisotopic (exact) mass is 351 g/mol. The van der Waals surface area contributed by atoms with Gasteiger partial charge in [-0.1, -0.05) is 19.4 Å². The van der Waals surface area contributed by atoms with E-state index in [1.165, 1.54) is 17.7 Å². The van der Waals surface area contributed by atoms with E-state index in [-0.39, 0.29) is 11.2 Å². The molecule has 0 atom stereocenters. The number of non-ortho nitro benzene ring substituents is 1. The SMILES string of the molecule is CCCc1cc(OC)ccc1Cn1ccc2ccc([N+](=O)[O-])cc2c1=N. The molecule has 2 aromatic carbocycles. The molecule has 134 valence electrons. The molecular formula is C20H21N3O3. The second-order valence-corrected chi connectivity index (χ2v) is 6.21. The molecule has 0 aliphatic carbocycles. The van der Waals surface area contributed by atoms with E-state index in [9.17, 15) is 10.1 Å². The second-order valence-electron chi connectivity index (χ2n) is 6.21. The molecule has 0 aliphatic rings. The van der Waals surface area contributed by atoms with E-state index in [4.69, 9.17) is 10.1 Å². The third kappa shape index (κ3) is 3.44. The molecule has 1 N–H and O–H groups in total. The molecule has 0 aliphatic heterocycles. The predicted molar refractivity (Wildman–Crippen MR) is 101 cm³/mol. The van der Waals surface area contributed by atoms with Crippen molar-refractivity contribution in [1.29, 1.82) is 5.41 Å². The van der Waals surface area contributed by atoms with Gasteiger partial charge in [-0.3, -0.25) is 15.5 Å². The van der Waals surface area contributed by atoms with Gasteiger partial charge in [0.05, 0.1) is 12.0 Å². The number of ether oxygens (including phenoxy) is 1. The Bertz CT molecular complexity index is 1020. The number of nitrogens with zero attached hydrogens (tertiary/aromatic N) is 2. The van der Waals surface area contributed by atoms with Gasteiger partial charge in [-0.15, -0.1) is 0 Å². The number of methoxy groups -OCH3 is 1. The van der Waals surface area contributed by atoms with Crippen molar-refractivity contribution in [3.63, 3.8) is 0 Å². The van der Waals surface area contributed by atoms with Gasteiger partial charge in [0.2, 0.25) is 0 Å². The minimum absolute atomic E-state index is 0.000121. The van der Waals surface area contributed by atoms with E-state index in [0.29, 0.717) is 11.9 Å². The highest BCUT2D eigenvalue weighted by Crippen LogP contribution is 2.21. The maximum Gasteiger partial charge on any atom is 0.270 e. The van der Waals surface area contributed by atoms with Crippen molar-refractivity contribution in [2.24, 2.45) is 0 Å². The van der Waals surface area contributed by atoms with E-state index in [1.54, 1.807) is 13.2 Å². The van der Waals surface area contributed by atoms with E-state index < -0.39 is 4.92 Å². The lowest BCUT2D eigenvalue weighted by Crippen LogP contribution is -2.21. The summed E-state index contributed by atoms with van der Waals surface area (Å²) in [6.45, 7) is 2.66. The summed E-state index contributed by atoms with van der Waals surface area (Å²) < 4.78 is 7.13. The van der Waals surface area contributed by atoms with Gasteiger partial charge in [-0.05, 0) is 47.2 Å². The number of benzene rings is 2. The summed E-state index contributed by atoms with van der Waals surface area (Å²) in [5.41, 5.74) is 2.58. The van der Waals surface area contributed by atoms with Crippen molar-refractivity contribution in [2.75, 3.05) is 7.11 Å². The van der Waals surface area contributed by atoms with Crippen LogP contribution in [0.25, 0.3) is 10.8 Å².